The van der Waals surface area contributed by atoms with Gasteiger partial charge in [0.15, 0.2) is 0 Å². The monoisotopic (exact) mass is 274 g/mol. The molecule has 0 aliphatic heterocycles. The van der Waals surface area contributed by atoms with Crippen LogP contribution >= 0.6 is 22.6 Å². The zero-order valence-electron chi connectivity index (χ0n) is 7.01. The summed E-state index contributed by atoms with van der Waals surface area (Å²) in [5.74, 6) is 0. The molecule has 12 heavy (non-hydrogen) atoms. The minimum atomic E-state index is 0.626. The minimum absolute atomic E-state index is 0.626. The Kier molecular flexibility index (Phi) is 3.72. The van der Waals surface area contributed by atoms with Crippen molar-refractivity contribution in [1.29, 1.82) is 0 Å². The summed E-state index contributed by atoms with van der Waals surface area (Å²) < 4.78 is 1.27. The molecule has 0 aliphatic carbocycles. The quantitative estimate of drug-likeness (QED) is 0.612. The molecule has 2 heteroatoms. The number of carbonyl (C=O) groups is 1. The zero-order valence-corrected chi connectivity index (χ0v) is 9.17. The third-order valence-corrected chi connectivity index (χ3v) is 3.08. The summed E-state index contributed by atoms with van der Waals surface area (Å²) in [6.45, 7) is 2.10. The number of aldehydes is 1. The number of rotatable bonds is 3. The first-order valence-corrected chi connectivity index (χ1v) is 5.01. The Labute approximate surface area is 86.3 Å². The fourth-order valence-electron chi connectivity index (χ4n) is 1.14. The maximum atomic E-state index is 10.2. The smallest absolute Gasteiger partial charge is 0.120 e. The average Bonchev–Trinajstić information content (AvgIpc) is 2.08. The molecule has 1 aromatic rings. The van der Waals surface area contributed by atoms with E-state index in [1.54, 1.807) is 0 Å². The van der Waals surface area contributed by atoms with Crippen LogP contribution in [0.5, 0.6) is 0 Å². The van der Waals surface area contributed by atoms with Crippen molar-refractivity contribution >= 4 is 28.9 Å². The number of aryl methyl sites for hydroxylation is 1. The first-order chi connectivity index (χ1) is 5.75. The molecule has 0 heterocycles. The van der Waals surface area contributed by atoms with Crippen molar-refractivity contribution < 1.29 is 4.79 Å². The van der Waals surface area contributed by atoms with E-state index in [1.807, 2.05) is 6.07 Å². The van der Waals surface area contributed by atoms with Crippen molar-refractivity contribution in [2.24, 2.45) is 0 Å². The van der Waals surface area contributed by atoms with Gasteiger partial charge in [0.05, 0.1) is 0 Å². The van der Waals surface area contributed by atoms with E-state index in [9.17, 15) is 4.79 Å². The second-order valence-corrected chi connectivity index (χ2v) is 3.89. The van der Waals surface area contributed by atoms with Crippen LogP contribution in [-0.4, -0.2) is 6.29 Å². The van der Waals surface area contributed by atoms with Crippen LogP contribution in [0.2, 0.25) is 0 Å². The van der Waals surface area contributed by atoms with Crippen molar-refractivity contribution in [3.05, 3.63) is 32.9 Å². The lowest BCUT2D eigenvalue weighted by Crippen LogP contribution is -1.92. The first kappa shape index (κ1) is 9.71. The van der Waals surface area contributed by atoms with E-state index < -0.39 is 0 Å². The Hall–Kier alpha value is -0.380. The molecule has 0 spiro atoms. The lowest BCUT2D eigenvalue weighted by molar-refractivity contribution is -0.107. The van der Waals surface area contributed by atoms with Crippen LogP contribution < -0.4 is 0 Å². The predicted octanol–water partition coefficient (Wildman–Crippen LogP) is 2.73. The summed E-state index contributed by atoms with van der Waals surface area (Å²) >= 11 is 2.31. The standard InChI is InChI=1S/C10H11IO/c1-8-9(5-3-7-12)4-2-6-10(8)11/h2,4,6-7H,3,5H2,1H3. The van der Waals surface area contributed by atoms with E-state index in [0.29, 0.717) is 6.42 Å². The molecule has 0 atom stereocenters. The van der Waals surface area contributed by atoms with Crippen LogP contribution in [0.25, 0.3) is 0 Å². The molecule has 0 amide bonds. The summed E-state index contributed by atoms with van der Waals surface area (Å²) in [6.07, 6.45) is 2.46. The van der Waals surface area contributed by atoms with Gasteiger partial charge in [0.1, 0.15) is 6.29 Å². The number of carbonyl (C=O) groups excluding carboxylic acids is 1. The van der Waals surface area contributed by atoms with Crippen molar-refractivity contribution in [2.75, 3.05) is 0 Å². The lowest BCUT2D eigenvalue weighted by atomic mass is 10.0. The third kappa shape index (κ3) is 2.30. The van der Waals surface area contributed by atoms with Gasteiger partial charge >= 0.3 is 0 Å². The van der Waals surface area contributed by atoms with Crippen LogP contribution in [0.1, 0.15) is 17.5 Å². The van der Waals surface area contributed by atoms with Crippen molar-refractivity contribution in [2.45, 2.75) is 19.8 Å². The second kappa shape index (κ2) is 4.60. The molecule has 0 N–H and O–H groups in total. The Morgan fingerprint density at radius 3 is 2.92 bits per heavy atom. The molecule has 0 fully saturated rings. The molecule has 0 aliphatic rings. The van der Waals surface area contributed by atoms with E-state index in [0.717, 1.165) is 12.7 Å². The topological polar surface area (TPSA) is 17.1 Å². The fourth-order valence-corrected chi connectivity index (χ4v) is 1.69. The third-order valence-electron chi connectivity index (χ3n) is 1.91. The van der Waals surface area contributed by atoms with Gasteiger partial charge in [-0.3, -0.25) is 0 Å². The van der Waals surface area contributed by atoms with Gasteiger partial charge in [-0.1, -0.05) is 12.1 Å². The molecule has 0 saturated carbocycles. The normalized spacial score (nSPS) is 9.83. The highest BCUT2D eigenvalue weighted by Gasteiger charge is 1.99. The van der Waals surface area contributed by atoms with Gasteiger partial charge in [0.25, 0.3) is 0 Å². The molecule has 1 aromatic carbocycles. The Morgan fingerprint density at radius 1 is 1.50 bits per heavy atom. The van der Waals surface area contributed by atoms with Crippen molar-refractivity contribution in [3.63, 3.8) is 0 Å². The molecule has 0 radical (unpaired) electrons. The van der Waals surface area contributed by atoms with Crippen LogP contribution in [0.4, 0.5) is 0 Å². The molecular weight excluding hydrogens is 263 g/mol. The number of halogens is 1. The number of benzene rings is 1. The van der Waals surface area contributed by atoms with Crippen molar-refractivity contribution in [1.82, 2.24) is 0 Å². The van der Waals surface area contributed by atoms with Crippen LogP contribution in [0.15, 0.2) is 18.2 Å². The average molecular weight is 274 g/mol. The molecule has 64 valence electrons. The second-order valence-electron chi connectivity index (χ2n) is 2.73. The minimum Gasteiger partial charge on any atom is -0.303 e. The van der Waals surface area contributed by atoms with E-state index in [-0.39, 0.29) is 0 Å². The molecule has 1 nitrogen and oxygen atoms in total. The number of hydrogen-bond acceptors (Lipinski definition) is 1. The van der Waals surface area contributed by atoms with Gasteiger partial charge < -0.3 is 4.79 Å². The maximum absolute atomic E-state index is 10.2. The molecule has 0 saturated heterocycles. The molecule has 1 rings (SSSR count). The summed E-state index contributed by atoms with van der Waals surface area (Å²) in [4.78, 5) is 10.2. The highest BCUT2D eigenvalue weighted by molar-refractivity contribution is 14.1. The molecule has 0 aromatic heterocycles. The summed E-state index contributed by atoms with van der Waals surface area (Å²) in [5, 5.41) is 0. The zero-order chi connectivity index (χ0) is 8.97. The van der Waals surface area contributed by atoms with Gasteiger partial charge in [-0.15, -0.1) is 0 Å². The van der Waals surface area contributed by atoms with E-state index >= 15 is 0 Å². The van der Waals surface area contributed by atoms with E-state index in [1.165, 1.54) is 14.7 Å². The fraction of sp³-hybridized carbons (Fsp3) is 0.300. The Morgan fingerprint density at radius 2 is 2.25 bits per heavy atom. The lowest BCUT2D eigenvalue weighted by Gasteiger charge is -2.04. The van der Waals surface area contributed by atoms with E-state index in [2.05, 4.69) is 41.6 Å². The summed E-state index contributed by atoms with van der Waals surface area (Å²) in [5.41, 5.74) is 2.59. The Bertz CT molecular complexity index is 281. The highest BCUT2D eigenvalue weighted by Crippen LogP contribution is 2.16. The van der Waals surface area contributed by atoms with Gasteiger partial charge in [0.2, 0.25) is 0 Å². The predicted molar refractivity (Wildman–Crippen MR) is 58.3 cm³/mol. The van der Waals surface area contributed by atoms with Crippen molar-refractivity contribution in [3.8, 4) is 0 Å². The van der Waals surface area contributed by atoms with Gasteiger partial charge in [0, 0.05) is 9.99 Å². The van der Waals surface area contributed by atoms with Gasteiger partial charge in [-0.25, -0.2) is 0 Å². The molecular formula is C10H11IO. The highest BCUT2D eigenvalue weighted by atomic mass is 127. The number of hydrogen-bond donors (Lipinski definition) is 0. The maximum Gasteiger partial charge on any atom is 0.120 e. The summed E-state index contributed by atoms with van der Waals surface area (Å²) in [6, 6.07) is 6.20. The Balaban J connectivity index is 2.84. The first-order valence-electron chi connectivity index (χ1n) is 3.93. The van der Waals surface area contributed by atoms with Crippen LogP contribution in [-0.2, 0) is 11.2 Å². The summed E-state index contributed by atoms with van der Waals surface area (Å²) in [7, 11) is 0. The largest absolute Gasteiger partial charge is 0.303 e. The van der Waals surface area contributed by atoms with Crippen LogP contribution in [0, 0.1) is 10.5 Å². The van der Waals surface area contributed by atoms with Gasteiger partial charge in [-0.2, -0.15) is 0 Å². The molecule has 0 unspecified atom stereocenters. The van der Waals surface area contributed by atoms with E-state index in [4.69, 9.17) is 0 Å². The van der Waals surface area contributed by atoms with Crippen LogP contribution in [0.3, 0.4) is 0 Å². The SMILES string of the molecule is Cc1c(I)cccc1CCC=O. The molecule has 0 bridgehead atoms. The van der Waals surface area contributed by atoms with Gasteiger partial charge in [-0.05, 0) is 53.1 Å².